The van der Waals surface area contributed by atoms with Crippen molar-refractivity contribution in [1.82, 2.24) is 19.7 Å². The molecule has 0 saturated carbocycles. The Hall–Kier alpha value is -2.65. The van der Waals surface area contributed by atoms with Gasteiger partial charge < -0.3 is 24.8 Å². The van der Waals surface area contributed by atoms with E-state index in [1.807, 2.05) is 18.7 Å². The number of piperazine rings is 1. The molecule has 9 heteroatoms. The zero-order valence-electron chi connectivity index (χ0n) is 18.6. The smallest absolute Gasteiger partial charge is 0.322 e. The number of aromatic nitrogens is 1. The maximum atomic E-state index is 12.8. The van der Waals surface area contributed by atoms with Crippen LogP contribution in [0.15, 0.2) is 29.6 Å². The monoisotopic (exact) mass is 445 g/mol. The summed E-state index contributed by atoms with van der Waals surface area (Å²) in [6, 6.07) is 6.96. The highest BCUT2D eigenvalue weighted by atomic mass is 32.1. The number of urea groups is 1. The molecule has 1 saturated heterocycles. The van der Waals surface area contributed by atoms with Crippen LogP contribution in [0, 0.1) is 0 Å². The number of rotatable bonds is 7. The molecule has 0 atom stereocenters. The second-order valence-corrected chi connectivity index (χ2v) is 8.68. The molecule has 1 aliphatic heterocycles. The summed E-state index contributed by atoms with van der Waals surface area (Å²) in [5.41, 5.74) is 1.15. The lowest BCUT2D eigenvalue weighted by atomic mass is 10.3. The molecule has 3 rings (SSSR count). The first kappa shape index (κ1) is 23.0. The Bertz CT molecular complexity index is 876. The highest BCUT2D eigenvalue weighted by molar-refractivity contribution is 7.09. The first-order valence-corrected chi connectivity index (χ1v) is 11.5. The summed E-state index contributed by atoms with van der Waals surface area (Å²) in [4.78, 5) is 36.1. The van der Waals surface area contributed by atoms with Gasteiger partial charge in [0.1, 0.15) is 16.5 Å². The largest absolute Gasteiger partial charge is 0.497 e. The number of ether oxygens (including phenoxy) is 1. The molecule has 0 bridgehead atoms. The van der Waals surface area contributed by atoms with Crippen LogP contribution in [0.4, 0.5) is 10.5 Å². The van der Waals surface area contributed by atoms with Crippen molar-refractivity contribution in [2.45, 2.75) is 33.4 Å². The summed E-state index contributed by atoms with van der Waals surface area (Å²) in [6.45, 7) is 10.6. The molecule has 0 spiro atoms. The number of hydrogen-bond donors (Lipinski definition) is 1. The first-order valence-electron chi connectivity index (χ1n) is 10.6. The number of benzene rings is 1. The second-order valence-electron chi connectivity index (χ2n) is 7.73. The molecule has 1 aromatic carbocycles. The Morgan fingerprint density at radius 2 is 1.87 bits per heavy atom. The molecule has 8 nitrogen and oxygen atoms in total. The zero-order valence-corrected chi connectivity index (χ0v) is 19.4. The summed E-state index contributed by atoms with van der Waals surface area (Å²) >= 11 is 1.41. The van der Waals surface area contributed by atoms with Gasteiger partial charge in [-0.1, -0.05) is 6.92 Å². The van der Waals surface area contributed by atoms with Crippen molar-refractivity contribution in [3.8, 4) is 5.75 Å². The van der Waals surface area contributed by atoms with Gasteiger partial charge in [-0.05, 0) is 44.7 Å². The van der Waals surface area contributed by atoms with Crippen molar-refractivity contribution in [3.05, 3.63) is 40.3 Å². The van der Waals surface area contributed by atoms with Gasteiger partial charge in [0.2, 0.25) is 0 Å². The van der Waals surface area contributed by atoms with E-state index in [1.54, 1.807) is 41.7 Å². The minimum absolute atomic E-state index is 0.0246. The number of methoxy groups -OCH3 is 1. The molecule has 31 heavy (non-hydrogen) atoms. The standard InChI is InChI=1S/C22H31N5O3S/c1-5-25-10-12-26(13-11-25)21(28)19-15-31-20(24-19)14-27(16(2)3)22(29)23-17-6-8-18(30-4)9-7-17/h6-9,15-16H,5,10-14H2,1-4H3,(H,23,29). The summed E-state index contributed by atoms with van der Waals surface area (Å²) in [6.07, 6.45) is 0. The normalized spacial score (nSPS) is 14.5. The Morgan fingerprint density at radius 3 is 2.45 bits per heavy atom. The lowest BCUT2D eigenvalue weighted by Gasteiger charge is -2.33. The van der Waals surface area contributed by atoms with Crippen molar-refractivity contribution in [2.75, 3.05) is 45.2 Å². The van der Waals surface area contributed by atoms with E-state index in [4.69, 9.17) is 4.74 Å². The number of carbonyl (C=O) groups is 2. The van der Waals surface area contributed by atoms with E-state index in [1.165, 1.54) is 11.3 Å². The lowest BCUT2D eigenvalue weighted by molar-refractivity contribution is 0.0638. The van der Waals surface area contributed by atoms with E-state index in [9.17, 15) is 9.59 Å². The van der Waals surface area contributed by atoms with Crippen LogP contribution >= 0.6 is 11.3 Å². The molecule has 168 valence electrons. The predicted octanol–water partition coefficient (Wildman–Crippen LogP) is 3.37. The van der Waals surface area contributed by atoms with Crippen molar-refractivity contribution in [3.63, 3.8) is 0 Å². The average molecular weight is 446 g/mol. The van der Waals surface area contributed by atoms with Gasteiger partial charge in [-0.25, -0.2) is 9.78 Å². The Morgan fingerprint density at radius 1 is 1.19 bits per heavy atom. The first-order chi connectivity index (χ1) is 14.9. The van der Waals surface area contributed by atoms with E-state index in [2.05, 4.69) is 22.1 Å². The van der Waals surface area contributed by atoms with Crippen LogP contribution in [0.1, 0.15) is 36.3 Å². The molecule has 0 unspecified atom stereocenters. The molecule has 2 heterocycles. The Balaban J connectivity index is 1.62. The maximum absolute atomic E-state index is 12.8. The lowest BCUT2D eigenvalue weighted by Crippen LogP contribution is -2.48. The van der Waals surface area contributed by atoms with Crippen LogP contribution in [0.3, 0.4) is 0 Å². The highest BCUT2D eigenvalue weighted by Gasteiger charge is 2.24. The molecular weight excluding hydrogens is 414 g/mol. The minimum Gasteiger partial charge on any atom is -0.497 e. The third-order valence-electron chi connectivity index (χ3n) is 5.41. The van der Waals surface area contributed by atoms with Crippen LogP contribution in [-0.4, -0.2) is 77.5 Å². The van der Waals surface area contributed by atoms with Crippen molar-refractivity contribution < 1.29 is 14.3 Å². The number of nitrogens with zero attached hydrogens (tertiary/aromatic N) is 4. The fourth-order valence-corrected chi connectivity index (χ4v) is 4.18. The molecule has 2 aromatic rings. The maximum Gasteiger partial charge on any atom is 0.322 e. The fourth-order valence-electron chi connectivity index (χ4n) is 3.42. The van der Waals surface area contributed by atoms with Gasteiger partial charge in [-0.15, -0.1) is 11.3 Å². The van der Waals surface area contributed by atoms with Crippen molar-refractivity contribution in [1.29, 1.82) is 0 Å². The number of likely N-dealkylation sites (N-methyl/N-ethyl adjacent to an activating group) is 1. The highest BCUT2D eigenvalue weighted by Crippen LogP contribution is 2.19. The van der Waals surface area contributed by atoms with Crippen molar-refractivity contribution in [2.24, 2.45) is 0 Å². The molecule has 3 amide bonds. The fraction of sp³-hybridized carbons (Fsp3) is 0.500. The van der Waals surface area contributed by atoms with Gasteiger partial charge >= 0.3 is 6.03 Å². The average Bonchev–Trinajstić information content (AvgIpc) is 3.26. The number of nitrogens with one attached hydrogen (secondary N) is 1. The summed E-state index contributed by atoms with van der Waals surface area (Å²) < 4.78 is 5.15. The molecular formula is C22H31N5O3S. The summed E-state index contributed by atoms with van der Waals surface area (Å²) in [7, 11) is 1.60. The molecule has 0 radical (unpaired) electrons. The van der Waals surface area contributed by atoms with Gasteiger partial charge in [0.15, 0.2) is 0 Å². The molecule has 1 fully saturated rings. The van der Waals surface area contributed by atoms with E-state index in [0.717, 1.165) is 43.5 Å². The summed E-state index contributed by atoms with van der Waals surface area (Å²) in [5, 5.41) is 5.45. The van der Waals surface area contributed by atoms with Crippen LogP contribution in [-0.2, 0) is 6.54 Å². The quantitative estimate of drug-likeness (QED) is 0.707. The van der Waals surface area contributed by atoms with Gasteiger partial charge in [-0.2, -0.15) is 0 Å². The van der Waals surface area contributed by atoms with Crippen molar-refractivity contribution >= 4 is 29.0 Å². The van der Waals surface area contributed by atoms with Crippen LogP contribution in [0.2, 0.25) is 0 Å². The Kier molecular flexibility index (Phi) is 7.86. The second kappa shape index (κ2) is 10.6. The Labute approximate surface area is 187 Å². The van der Waals surface area contributed by atoms with Gasteiger partial charge in [0.05, 0.1) is 13.7 Å². The van der Waals surface area contributed by atoms with Crippen LogP contribution in [0.5, 0.6) is 5.75 Å². The third-order valence-corrected chi connectivity index (χ3v) is 6.24. The number of carbonyl (C=O) groups excluding carboxylic acids is 2. The third kappa shape index (κ3) is 5.95. The van der Waals surface area contributed by atoms with Gasteiger partial charge in [-0.3, -0.25) is 4.79 Å². The van der Waals surface area contributed by atoms with E-state index in [-0.39, 0.29) is 18.0 Å². The van der Waals surface area contributed by atoms with E-state index in [0.29, 0.717) is 17.9 Å². The van der Waals surface area contributed by atoms with Crippen LogP contribution < -0.4 is 10.1 Å². The number of amides is 3. The number of thiazole rings is 1. The van der Waals surface area contributed by atoms with Gasteiger partial charge in [0.25, 0.3) is 5.91 Å². The molecule has 1 aliphatic rings. The topological polar surface area (TPSA) is 78.0 Å². The van der Waals surface area contributed by atoms with Gasteiger partial charge in [0, 0.05) is 43.3 Å². The predicted molar refractivity (Wildman–Crippen MR) is 123 cm³/mol. The number of hydrogen-bond acceptors (Lipinski definition) is 6. The SMILES string of the molecule is CCN1CCN(C(=O)c2csc(CN(C(=O)Nc3ccc(OC)cc3)C(C)C)n2)CC1. The molecule has 1 N–H and O–H groups in total. The van der Waals surface area contributed by atoms with Crippen LogP contribution in [0.25, 0.3) is 0 Å². The van der Waals surface area contributed by atoms with E-state index < -0.39 is 0 Å². The number of anilines is 1. The zero-order chi connectivity index (χ0) is 22.4. The molecule has 1 aromatic heterocycles. The molecule has 0 aliphatic carbocycles. The summed E-state index contributed by atoms with van der Waals surface area (Å²) in [5.74, 6) is 0.701. The minimum atomic E-state index is -0.209. The van der Waals surface area contributed by atoms with E-state index >= 15 is 0 Å².